The Balaban J connectivity index is 1.49. The zero-order chi connectivity index (χ0) is 20.7. The number of hydrogen-bond donors (Lipinski definition) is 0. The molecule has 0 spiro atoms. The SMILES string of the molecule is Cc1cc(N2CCN(C(=O)Cn3nc(C)c4cccnc43)[C@@H](C)C2)c(F)cc1Cl. The maximum absolute atomic E-state index is 14.4. The van der Waals surface area contributed by atoms with Gasteiger partial charge in [0.25, 0.3) is 0 Å². The van der Waals surface area contributed by atoms with Crippen molar-refractivity contribution in [3.05, 3.63) is 52.6 Å². The van der Waals surface area contributed by atoms with E-state index in [0.29, 0.717) is 36.0 Å². The second-order valence-corrected chi connectivity index (χ2v) is 7.96. The van der Waals surface area contributed by atoms with E-state index in [1.165, 1.54) is 6.07 Å². The Labute approximate surface area is 173 Å². The predicted octanol–water partition coefficient (Wildman–Crippen LogP) is 3.58. The Bertz CT molecular complexity index is 1080. The lowest BCUT2D eigenvalue weighted by Crippen LogP contribution is -2.55. The van der Waals surface area contributed by atoms with E-state index in [2.05, 4.69) is 10.1 Å². The van der Waals surface area contributed by atoms with E-state index in [1.807, 2.05) is 42.7 Å². The standard InChI is InChI=1S/C21H23ClFN5O/c1-13-9-19(18(23)10-17(13)22)26-7-8-27(14(2)11-26)20(29)12-28-21-16(15(3)25-28)5-4-6-24-21/h4-6,9-10,14H,7-8,11-12H2,1-3H3/t14-/m0/s1. The van der Waals surface area contributed by atoms with Crippen molar-refractivity contribution >= 4 is 34.2 Å². The lowest BCUT2D eigenvalue weighted by molar-refractivity contribution is -0.134. The van der Waals surface area contributed by atoms with Crippen molar-refractivity contribution in [1.82, 2.24) is 19.7 Å². The number of fused-ring (bicyclic) bond motifs is 1. The van der Waals surface area contributed by atoms with Crippen molar-refractivity contribution < 1.29 is 9.18 Å². The van der Waals surface area contributed by atoms with Crippen LogP contribution in [0.3, 0.4) is 0 Å². The summed E-state index contributed by atoms with van der Waals surface area (Å²) in [6.07, 6.45) is 1.70. The lowest BCUT2D eigenvalue weighted by Gasteiger charge is -2.41. The molecule has 152 valence electrons. The molecule has 1 fully saturated rings. The molecule has 0 bridgehead atoms. The zero-order valence-electron chi connectivity index (χ0n) is 16.7. The van der Waals surface area contributed by atoms with Crippen molar-refractivity contribution in [3.63, 3.8) is 0 Å². The molecule has 8 heteroatoms. The molecule has 0 radical (unpaired) electrons. The highest BCUT2D eigenvalue weighted by Gasteiger charge is 2.29. The van der Waals surface area contributed by atoms with Gasteiger partial charge in [-0.15, -0.1) is 0 Å². The number of nitrogens with zero attached hydrogens (tertiary/aromatic N) is 5. The van der Waals surface area contributed by atoms with E-state index < -0.39 is 0 Å². The molecule has 0 aliphatic carbocycles. The fourth-order valence-electron chi connectivity index (χ4n) is 3.93. The summed E-state index contributed by atoms with van der Waals surface area (Å²) in [4.78, 5) is 21.1. The van der Waals surface area contributed by atoms with Crippen molar-refractivity contribution in [2.75, 3.05) is 24.5 Å². The van der Waals surface area contributed by atoms with E-state index in [1.54, 1.807) is 16.9 Å². The molecule has 1 aliphatic heterocycles. The van der Waals surface area contributed by atoms with Crippen LogP contribution < -0.4 is 4.90 Å². The minimum Gasteiger partial charge on any atom is -0.365 e. The number of amides is 1. The molecule has 29 heavy (non-hydrogen) atoms. The molecular weight excluding hydrogens is 393 g/mol. The highest BCUT2D eigenvalue weighted by Crippen LogP contribution is 2.28. The van der Waals surface area contributed by atoms with Crippen LogP contribution in [0.4, 0.5) is 10.1 Å². The van der Waals surface area contributed by atoms with E-state index in [4.69, 9.17) is 11.6 Å². The topological polar surface area (TPSA) is 54.3 Å². The highest BCUT2D eigenvalue weighted by atomic mass is 35.5. The first kappa shape index (κ1) is 19.6. The number of carbonyl (C=O) groups is 1. The molecular formula is C21H23ClFN5O. The van der Waals surface area contributed by atoms with Crippen molar-refractivity contribution in [1.29, 1.82) is 0 Å². The molecule has 1 aromatic carbocycles. The molecule has 1 saturated heterocycles. The maximum atomic E-state index is 14.4. The number of anilines is 1. The van der Waals surface area contributed by atoms with Crippen LogP contribution in [0.25, 0.3) is 11.0 Å². The highest BCUT2D eigenvalue weighted by molar-refractivity contribution is 6.31. The lowest BCUT2D eigenvalue weighted by atomic mass is 10.1. The van der Waals surface area contributed by atoms with Gasteiger partial charge in [0.1, 0.15) is 12.4 Å². The van der Waals surface area contributed by atoms with Gasteiger partial charge < -0.3 is 9.80 Å². The molecule has 3 heterocycles. The number of benzene rings is 1. The smallest absolute Gasteiger partial charge is 0.244 e. The third-order valence-corrected chi connectivity index (χ3v) is 5.90. The summed E-state index contributed by atoms with van der Waals surface area (Å²) in [5.41, 5.74) is 2.93. The van der Waals surface area contributed by atoms with Crippen LogP contribution in [0.2, 0.25) is 5.02 Å². The van der Waals surface area contributed by atoms with Crippen LogP contribution in [0.5, 0.6) is 0 Å². The number of halogens is 2. The second-order valence-electron chi connectivity index (χ2n) is 7.55. The largest absolute Gasteiger partial charge is 0.365 e. The molecule has 2 aromatic heterocycles. The normalized spacial score (nSPS) is 17.2. The number of pyridine rings is 1. The Hall–Kier alpha value is -2.67. The number of aromatic nitrogens is 3. The van der Waals surface area contributed by atoms with Crippen LogP contribution in [-0.2, 0) is 11.3 Å². The quantitative estimate of drug-likeness (QED) is 0.656. The Morgan fingerprint density at radius 3 is 2.86 bits per heavy atom. The summed E-state index contributed by atoms with van der Waals surface area (Å²) in [7, 11) is 0. The number of hydrogen-bond acceptors (Lipinski definition) is 4. The van der Waals surface area contributed by atoms with E-state index in [9.17, 15) is 9.18 Å². The summed E-state index contributed by atoms with van der Waals surface area (Å²) in [5, 5.41) is 5.85. The summed E-state index contributed by atoms with van der Waals surface area (Å²) in [5.74, 6) is -0.350. The van der Waals surface area contributed by atoms with Gasteiger partial charge >= 0.3 is 0 Å². The van der Waals surface area contributed by atoms with Crippen LogP contribution in [-0.4, -0.2) is 51.2 Å². The van der Waals surface area contributed by atoms with Crippen molar-refractivity contribution in [2.45, 2.75) is 33.4 Å². The van der Waals surface area contributed by atoms with Gasteiger partial charge in [-0.3, -0.25) is 4.79 Å². The Morgan fingerprint density at radius 1 is 1.31 bits per heavy atom. The van der Waals surface area contributed by atoms with Crippen molar-refractivity contribution in [3.8, 4) is 0 Å². The van der Waals surface area contributed by atoms with Gasteiger partial charge in [0.2, 0.25) is 5.91 Å². The maximum Gasteiger partial charge on any atom is 0.244 e. The first-order chi connectivity index (χ1) is 13.8. The number of rotatable bonds is 3. The third kappa shape index (κ3) is 3.67. The summed E-state index contributed by atoms with van der Waals surface area (Å²) < 4.78 is 16.1. The van der Waals surface area contributed by atoms with E-state index >= 15 is 0 Å². The molecule has 6 nitrogen and oxygen atoms in total. The average molecular weight is 416 g/mol. The van der Waals surface area contributed by atoms with Crippen LogP contribution >= 0.6 is 11.6 Å². The number of piperazine rings is 1. The summed E-state index contributed by atoms with van der Waals surface area (Å²) >= 11 is 6.01. The van der Waals surface area contributed by atoms with Crippen LogP contribution in [0.1, 0.15) is 18.2 Å². The van der Waals surface area contributed by atoms with Crippen LogP contribution in [0.15, 0.2) is 30.5 Å². The van der Waals surface area contributed by atoms with Crippen molar-refractivity contribution in [2.24, 2.45) is 0 Å². The van der Waals surface area contributed by atoms with Gasteiger partial charge in [-0.25, -0.2) is 14.1 Å². The second kappa shape index (κ2) is 7.63. The Morgan fingerprint density at radius 2 is 2.10 bits per heavy atom. The zero-order valence-corrected chi connectivity index (χ0v) is 17.4. The first-order valence-electron chi connectivity index (χ1n) is 9.63. The minimum absolute atomic E-state index is 0.0139. The summed E-state index contributed by atoms with van der Waals surface area (Å²) in [6, 6.07) is 6.89. The monoisotopic (exact) mass is 415 g/mol. The van der Waals surface area contributed by atoms with Gasteiger partial charge in [0, 0.05) is 42.3 Å². The molecule has 3 aromatic rings. The molecule has 1 atom stereocenters. The van der Waals surface area contributed by atoms with E-state index in [-0.39, 0.29) is 24.3 Å². The minimum atomic E-state index is -0.336. The number of carbonyl (C=O) groups excluding carboxylic acids is 1. The van der Waals surface area contributed by atoms with Gasteiger partial charge in [0.05, 0.1) is 11.4 Å². The fraction of sp³-hybridized carbons (Fsp3) is 0.381. The predicted molar refractivity (Wildman–Crippen MR) is 112 cm³/mol. The van der Waals surface area contributed by atoms with Gasteiger partial charge in [-0.2, -0.15) is 5.10 Å². The van der Waals surface area contributed by atoms with Gasteiger partial charge in [0.15, 0.2) is 5.65 Å². The first-order valence-corrected chi connectivity index (χ1v) is 10.0. The van der Waals surface area contributed by atoms with Crippen LogP contribution in [0, 0.1) is 19.7 Å². The van der Waals surface area contributed by atoms with Gasteiger partial charge in [-0.05, 0) is 50.6 Å². The molecule has 0 unspecified atom stereocenters. The number of aryl methyl sites for hydroxylation is 2. The fourth-order valence-corrected chi connectivity index (χ4v) is 4.08. The molecule has 0 N–H and O–H groups in total. The third-order valence-electron chi connectivity index (χ3n) is 5.49. The average Bonchev–Trinajstić information content (AvgIpc) is 3.00. The van der Waals surface area contributed by atoms with E-state index in [0.717, 1.165) is 16.6 Å². The molecule has 1 amide bonds. The van der Waals surface area contributed by atoms with Gasteiger partial charge in [-0.1, -0.05) is 11.6 Å². The summed E-state index contributed by atoms with van der Waals surface area (Å²) in [6.45, 7) is 7.53. The molecule has 4 rings (SSSR count). The molecule has 1 aliphatic rings. The molecule has 0 saturated carbocycles. The Kier molecular flexibility index (Phi) is 5.17.